The Balaban J connectivity index is 2.42. The molecule has 1 rings (SSSR count). The van der Waals surface area contributed by atoms with Gasteiger partial charge in [-0.25, -0.2) is 0 Å². The largest absolute Gasteiger partial charge is 0.313 e. The first kappa shape index (κ1) is 8.79. The molecule has 1 aliphatic rings. The molecule has 0 radical (unpaired) electrons. The average molecular weight is 153 g/mol. The van der Waals surface area contributed by atoms with Crippen molar-refractivity contribution >= 4 is 0 Å². The first-order valence-electron chi connectivity index (χ1n) is 4.46. The van der Waals surface area contributed by atoms with Crippen LogP contribution in [0, 0.1) is 5.41 Å². The average Bonchev–Trinajstić information content (AvgIpc) is 1.85. The second-order valence-corrected chi connectivity index (χ2v) is 4.57. The Bertz CT molecular complexity index is 151. The summed E-state index contributed by atoms with van der Waals surface area (Å²) in [4.78, 5) is 0. The Morgan fingerprint density at radius 1 is 1.45 bits per heavy atom. The van der Waals surface area contributed by atoms with Crippen LogP contribution in [0.25, 0.3) is 0 Å². The van der Waals surface area contributed by atoms with Gasteiger partial charge in [-0.05, 0) is 24.8 Å². The lowest BCUT2D eigenvalue weighted by Gasteiger charge is -2.23. The van der Waals surface area contributed by atoms with Crippen LogP contribution in [0.4, 0.5) is 0 Å². The molecule has 0 aromatic rings. The first-order valence-corrected chi connectivity index (χ1v) is 4.46. The monoisotopic (exact) mass is 153 g/mol. The fraction of sp³-hybridized carbons (Fsp3) is 0.800. The molecule has 1 nitrogen and oxygen atoms in total. The maximum Gasteiger partial charge on any atom is 0.0164 e. The minimum Gasteiger partial charge on any atom is -0.313 e. The third-order valence-corrected chi connectivity index (χ3v) is 1.86. The third-order valence-electron chi connectivity index (χ3n) is 1.86. The van der Waals surface area contributed by atoms with Gasteiger partial charge in [0, 0.05) is 6.54 Å². The van der Waals surface area contributed by atoms with E-state index in [4.69, 9.17) is 0 Å². The number of rotatable bonds is 1. The van der Waals surface area contributed by atoms with Gasteiger partial charge in [-0.2, -0.15) is 0 Å². The van der Waals surface area contributed by atoms with Gasteiger partial charge in [-0.1, -0.05) is 32.4 Å². The maximum absolute atomic E-state index is 3.39. The molecular weight excluding hydrogens is 134 g/mol. The van der Waals surface area contributed by atoms with E-state index in [-0.39, 0.29) is 0 Å². The van der Waals surface area contributed by atoms with E-state index in [0.29, 0.717) is 5.41 Å². The van der Waals surface area contributed by atoms with Crippen molar-refractivity contribution in [3.05, 3.63) is 11.6 Å². The van der Waals surface area contributed by atoms with Gasteiger partial charge < -0.3 is 5.32 Å². The van der Waals surface area contributed by atoms with Gasteiger partial charge in [0.15, 0.2) is 0 Å². The zero-order chi connectivity index (χ0) is 8.32. The van der Waals surface area contributed by atoms with Crippen LogP contribution < -0.4 is 5.32 Å². The fourth-order valence-electron chi connectivity index (χ4n) is 1.52. The summed E-state index contributed by atoms with van der Waals surface area (Å²) in [5, 5.41) is 3.39. The van der Waals surface area contributed by atoms with Crippen LogP contribution in [0.2, 0.25) is 0 Å². The Hall–Kier alpha value is -0.300. The molecule has 0 amide bonds. The molecule has 0 saturated carbocycles. The van der Waals surface area contributed by atoms with Crippen molar-refractivity contribution in [2.45, 2.75) is 33.6 Å². The van der Waals surface area contributed by atoms with Crippen LogP contribution in [0.5, 0.6) is 0 Å². The molecule has 0 aromatic heterocycles. The molecule has 11 heavy (non-hydrogen) atoms. The highest BCUT2D eigenvalue weighted by molar-refractivity contribution is 5.09. The van der Waals surface area contributed by atoms with Crippen molar-refractivity contribution in [3.63, 3.8) is 0 Å². The Labute approximate surface area is 69.9 Å². The number of hydrogen-bond donors (Lipinski definition) is 1. The molecule has 1 heteroatoms. The predicted octanol–water partition coefficient (Wildman–Crippen LogP) is 2.34. The molecule has 0 fully saturated rings. The van der Waals surface area contributed by atoms with Crippen molar-refractivity contribution < 1.29 is 0 Å². The zero-order valence-corrected chi connectivity index (χ0v) is 7.91. The maximum atomic E-state index is 3.39. The van der Waals surface area contributed by atoms with Crippen LogP contribution in [0.3, 0.4) is 0 Å². The molecule has 0 atom stereocenters. The summed E-state index contributed by atoms with van der Waals surface area (Å²) in [6, 6.07) is 0. The van der Waals surface area contributed by atoms with E-state index >= 15 is 0 Å². The second-order valence-electron chi connectivity index (χ2n) is 4.57. The molecule has 0 spiro atoms. The van der Waals surface area contributed by atoms with Crippen molar-refractivity contribution in [3.8, 4) is 0 Å². The standard InChI is InChI=1S/C10H19N/c1-10(2,3)7-9-5-4-6-11-8-9/h5,11H,4,6-8H2,1-3H3. The molecule has 0 bridgehead atoms. The smallest absolute Gasteiger partial charge is 0.0164 e. The van der Waals surface area contributed by atoms with E-state index in [1.165, 1.54) is 12.8 Å². The minimum atomic E-state index is 0.449. The summed E-state index contributed by atoms with van der Waals surface area (Å²) >= 11 is 0. The molecule has 1 aliphatic heterocycles. The van der Waals surface area contributed by atoms with Crippen molar-refractivity contribution in [1.29, 1.82) is 0 Å². The summed E-state index contributed by atoms with van der Waals surface area (Å²) in [7, 11) is 0. The lowest BCUT2D eigenvalue weighted by molar-refractivity contribution is 0.401. The summed E-state index contributed by atoms with van der Waals surface area (Å²) in [6.07, 6.45) is 4.84. The minimum absolute atomic E-state index is 0.449. The highest BCUT2D eigenvalue weighted by Crippen LogP contribution is 2.24. The Kier molecular flexibility index (Phi) is 2.72. The zero-order valence-electron chi connectivity index (χ0n) is 7.91. The van der Waals surface area contributed by atoms with Crippen molar-refractivity contribution in [2.75, 3.05) is 13.1 Å². The van der Waals surface area contributed by atoms with E-state index in [0.717, 1.165) is 13.1 Å². The molecule has 1 N–H and O–H groups in total. The lowest BCUT2D eigenvalue weighted by atomic mass is 9.87. The summed E-state index contributed by atoms with van der Waals surface area (Å²) in [5.74, 6) is 0. The van der Waals surface area contributed by atoms with Gasteiger partial charge in [-0.15, -0.1) is 0 Å². The quantitative estimate of drug-likeness (QED) is 0.570. The molecule has 0 aliphatic carbocycles. The van der Waals surface area contributed by atoms with Gasteiger partial charge in [0.1, 0.15) is 0 Å². The van der Waals surface area contributed by atoms with E-state index in [9.17, 15) is 0 Å². The lowest BCUT2D eigenvalue weighted by Crippen LogP contribution is -2.24. The SMILES string of the molecule is CC(C)(C)CC1=CCCNC1. The molecule has 0 saturated heterocycles. The summed E-state index contributed by atoms with van der Waals surface area (Å²) < 4.78 is 0. The normalized spacial score (nSPS) is 19.7. The third kappa shape index (κ3) is 3.57. The molecule has 0 aromatic carbocycles. The highest BCUT2D eigenvalue weighted by Gasteiger charge is 2.13. The van der Waals surface area contributed by atoms with Crippen LogP contribution in [0.1, 0.15) is 33.6 Å². The van der Waals surface area contributed by atoms with Gasteiger partial charge in [0.2, 0.25) is 0 Å². The summed E-state index contributed by atoms with van der Waals surface area (Å²) in [5.41, 5.74) is 2.04. The summed E-state index contributed by atoms with van der Waals surface area (Å²) in [6.45, 7) is 9.15. The van der Waals surface area contributed by atoms with Crippen molar-refractivity contribution in [1.82, 2.24) is 5.32 Å². The molecular formula is C10H19N. The van der Waals surface area contributed by atoms with E-state index in [1.54, 1.807) is 5.57 Å². The first-order chi connectivity index (χ1) is 5.08. The second kappa shape index (κ2) is 3.40. The topological polar surface area (TPSA) is 12.0 Å². The highest BCUT2D eigenvalue weighted by atomic mass is 14.9. The van der Waals surface area contributed by atoms with E-state index < -0.39 is 0 Å². The number of hydrogen-bond acceptors (Lipinski definition) is 1. The predicted molar refractivity (Wildman–Crippen MR) is 49.6 cm³/mol. The van der Waals surface area contributed by atoms with Crippen LogP contribution in [-0.4, -0.2) is 13.1 Å². The van der Waals surface area contributed by atoms with Gasteiger partial charge in [0.25, 0.3) is 0 Å². The van der Waals surface area contributed by atoms with Crippen LogP contribution >= 0.6 is 0 Å². The number of nitrogens with one attached hydrogen (secondary N) is 1. The van der Waals surface area contributed by atoms with Gasteiger partial charge in [-0.3, -0.25) is 0 Å². The van der Waals surface area contributed by atoms with Gasteiger partial charge >= 0.3 is 0 Å². The van der Waals surface area contributed by atoms with Crippen LogP contribution in [0.15, 0.2) is 11.6 Å². The molecule has 0 unspecified atom stereocenters. The fourth-order valence-corrected chi connectivity index (χ4v) is 1.52. The Morgan fingerprint density at radius 2 is 2.18 bits per heavy atom. The van der Waals surface area contributed by atoms with Gasteiger partial charge in [0.05, 0.1) is 0 Å². The Morgan fingerprint density at radius 3 is 2.64 bits per heavy atom. The van der Waals surface area contributed by atoms with E-state index in [1.807, 2.05) is 0 Å². The van der Waals surface area contributed by atoms with E-state index in [2.05, 4.69) is 32.2 Å². The molecule has 64 valence electrons. The van der Waals surface area contributed by atoms with Crippen molar-refractivity contribution in [2.24, 2.45) is 5.41 Å². The molecule has 1 heterocycles. The van der Waals surface area contributed by atoms with Crippen LogP contribution in [-0.2, 0) is 0 Å².